The number of benzene rings is 2. The van der Waals surface area contributed by atoms with Gasteiger partial charge < -0.3 is 14.7 Å². The number of carbonyl (C=O) groups excluding carboxylic acids is 1. The summed E-state index contributed by atoms with van der Waals surface area (Å²) in [4.78, 5) is 14.6. The number of fused-ring (bicyclic) bond motifs is 1. The van der Waals surface area contributed by atoms with Crippen molar-refractivity contribution in [2.75, 3.05) is 13.2 Å². The van der Waals surface area contributed by atoms with Crippen LogP contribution in [0.4, 0.5) is 17.6 Å². The largest absolute Gasteiger partial charge is 0.407 e. The lowest BCUT2D eigenvalue weighted by molar-refractivity contribution is -0.163. The van der Waals surface area contributed by atoms with E-state index in [1.165, 1.54) is 12.1 Å². The molecule has 2 aromatic rings. The molecular formula is C27H32F4N2O3. The molecule has 4 rings (SSSR count). The number of amides is 1. The fourth-order valence-electron chi connectivity index (χ4n) is 5.12. The number of carbonyl (C=O) groups is 1. The molecule has 9 heteroatoms. The second-order valence-corrected chi connectivity index (χ2v) is 10.2. The minimum absolute atomic E-state index is 0.0194. The molecule has 0 bridgehead atoms. The van der Waals surface area contributed by atoms with Crippen LogP contribution in [0.1, 0.15) is 37.4 Å². The van der Waals surface area contributed by atoms with E-state index in [9.17, 15) is 27.5 Å². The van der Waals surface area contributed by atoms with Gasteiger partial charge in [0.2, 0.25) is 5.91 Å². The van der Waals surface area contributed by atoms with Crippen LogP contribution in [-0.2, 0) is 9.53 Å². The van der Waals surface area contributed by atoms with Gasteiger partial charge in [-0.05, 0) is 42.0 Å². The first-order chi connectivity index (χ1) is 17.0. The van der Waals surface area contributed by atoms with Crippen LogP contribution in [0.25, 0.3) is 11.1 Å². The summed E-state index contributed by atoms with van der Waals surface area (Å²) in [5.74, 6) is -0.768. The topological polar surface area (TPSA) is 61.8 Å². The molecule has 2 aliphatic rings. The van der Waals surface area contributed by atoms with Crippen molar-refractivity contribution in [3.8, 4) is 11.1 Å². The second kappa shape index (κ2) is 10.5. The van der Waals surface area contributed by atoms with Crippen molar-refractivity contribution >= 4 is 5.91 Å². The number of aliphatic hydroxyl groups is 1. The Morgan fingerprint density at radius 1 is 1.17 bits per heavy atom. The summed E-state index contributed by atoms with van der Waals surface area (Å²) < 4.78 is 62.9. The molecule has 0 aliphatic carbocycles. The Morgan fingerprint density at radius 2 is 1.86 bits per heavy atom. The van der Waals surface area contributed by atoms with Gasteiger partial charge in [-0.15, -0.1) is 0 Å². The van der Waals surface area contributed by atoms with Gasteiger partial charge in [0.1, 0.15) is 24.4 Å². The average Bonchev–Trinajstić information content (AvgIpc) is 3.36. The normalized spacial score (nSPS) is 25.8. The maximum atomic E-state index is 14.5. The Hall–Kier alpha value is -2.49. The molecule has 5 nitrogen and oxygen atoms in total. The Kier molecular flexibility index (Phi) is 7.73. The van der Waals surface area contributed by atoms with Gasteiger partial charge in [-0.25, -0.2) is 4.39 Å². The van der Waals surface area contributed by atoms with E-state index in [2.05, 4.69) is 5.32 Å². The summed E-state index contributed by atoms with van der Waals surface area (Å²) in [6.45, 7) is 5.11. The maximum absolute atomic E-state index is 14.5. The molecule has 196 valence electrons. The van der Waals surface area contributed by atoms with Crippen LogP contribution in [0.2, 0.25) is 0 Å². The van der Waals surface area contributed by atoms with Crippen LogP contribution in [-0.4, -0.2) is 65.7 Å². The highest BCUT2D eigenvalue weighted by Crippen LogP contribution is 2.37. The Balaban J connectivity index is 1.63. The van der Waals surface area contributed by atoms with E-state index in [1.54, 1.807) is 26.0 Å². The highest BCUT2D eigenvalue weighted by molar-refractivity contribution is 5.83. The van der Waals surface area contributed by atoms with Crippen molar-refractivity contribution < 1.29 is 32.2 Å². The van der Waals surface area contributed by atoms with E-state index in [4.69, 9.17) is 4.74 Å². The predicted molar refractivity (Wildman–Crippen MR) is 128 cm³/mol. The van der Waals surface area contributed by atoms with Gasteiger partial charge in [-0.1, -0.05) is 61.9 Å². The minimum Gasteiger partial charge on any atom is -0.388 e. The fraction of sp³-hybridized carbons (Fsp3) is 0.519. The molecule has 2 fully saturated rings. The fourth-order valence-corrected chi connectivity index (χ4v) is 5.12. The van der Waals surface area contributed by atoms with Crippen molar-refractivity contribution in [3.05, 3.63) is 59.7 Å². The number of likely N-dealkylation sites (tertiary alicyclic amines) is 1. The van der Waals surface area contributed by atoms with Crippen molar-refractivity contribution in [1.29, 1.82) is 0 Å². The van der Waals surface area contributed by atoms with Crippen LogP contribution in [0, 0.1) is 12.8 Å². The van der Waals surface area contributed by atoms with E-state index >= 15 is 0 Å². The number of ether oxygens (including phenoxy) is 1. The molecule has 2 N–H and O–H groups in total. The van der Waals surface area contributed by atoms with Crippen LogP contribution in [0.3, 0.4) is 0 Å². The molecule has 0 aromatic heterocycles. The van der Waals surface area contributed by atoms with Gasteiger partial charge in [0, 0.05) is 0 Å². The highest BCUT2D eigenvalue weighted by atomic mass is 19.4. The van der Waals surface area contributed by atoms with E-state index in [-0.39, 0.29) is 31.1 Å². The van der Waals surface area contributed by atoms with Gasteiger partial charge in [-0.3, -0.25) is 10.1 Å². The van der Waals surface area contributed by atoms with Crippen molar-refractivity contribution in [2.24, 2.45) is 5.92 Å². The number of rotatable bonds is 7. The summed E-state index contributed by atoms with van der Waals surface area (Å²) in [5, 5.41) is 12.8. The van der Waals surface area contributed by atoms with Gasteiger partial charge in [0.15, 0.2) is 0 Å². The first-order valence-corrected chi connectivity index (χ1v) is 12.2. The summed E-state index contributed by atoms with van der Waals surface area (Å²) in [7, 11) is 0. The zero-order chi connectivity index (χ0) is 26.2. The number of nitrogens with zero attached hydrogens (tertiary/aromatic N) is 1. The second-order valence-electron chi connectivity index (χ2n) is 10.2. The maximum Gasteiger partial charge on any atom is 0.407 e. The quantitative estimate of drug-likeness (QED) is 0.538. The summed E-state index contributed by atoms with van der Waals surface area (Å²) in [6.07, 6.45) is -8.11. The number of halogens is 4. The smallest absolute Gasteiger partial charge is 0.388 e. The molecule has 6 atom stereocenters. The zero-order valence-electron chi connectivity index (χ0n) is 20.5. The third kappa shape index (κ3) is 5.58. The first kappa shape index (κ1) is 26.6. The summed E-state index contributed by atoms with van der Waals surface area (Å²) >= 11 is 0. The SMILES string of the molecule is Cc1ccc(-c2cccc([C@H](NC(CC(C)C)C(=O)N3C[C@H](F)[C@H]4OC[C@H](O)[C@H]43)C(F)(F)F)c2)cc1. The molecule has 2 aromatic carbocycles. The van der Waals surface area contributed by atoms with E-state index in [0.29, 0.717) is 5.56 Å². The number of aryl methyl sites for hydroxylation is 1. The van der Waals surface area contributed by atoms with Crippen LogP contribution >= 0.6 is 0 Å². The molecule has 0 radical (unpaired) electrons. The number of hydrogen-bond acceptors (Lipinski definition) is 4. The van der Waals surface area contributed by atoms with Gasteiger partial charge in [-0.2, -0.15) is 13.2 Å². The Labute approximate surface area is 208 Å². The number of aliphatic hydroxyl groups excluding tert-OH is 1. The molecule has 2 aliphatic heterocycles. The van der Waals surface area contributed by atoms with E-state index < -0.39 is 48.6 Å². The first-order valence-electron chi connectivity index (χ1n) is 12.2. The number of alkyl halides is 4. The third-order valence-corrected chi connectivity index (χ3v) is 6.87. The average molecular weight is 509 g/mol. The van der Waals surface area contributed by atoms with Crippen molar-refractivity contribution in [3.63, 3.8) is 0 Å². The Morgan fingerprint density at radius 3 is 2.50 bits per heavy atom. The minimum atomic E-state index is -4.69. The van der Waals surface area contributed by atoms with Gasteiger partial charge in [0.05, 0.1) is 25.2 Å². The van der Waals surface area contributed by atoms with Crippen molar-refractivity contribution in [2.45, 2.75) is 69.9 Å². The van der Waals surface area contributed by atoms with E-state index in [0.717, 1.165) is 16.0 Å². The monoisotopic (exact) mass is 508 g/mol. The van der Waals surface area contributed by atoms with Gasteiger partial charge in [0.25, 0.3) is 0 Å². The molecule has 0 saturated carbocycles. The molecule has 2 saturated heterocycles. The highest BCUT2D eigenvalue weighted by Gasteiger charge is 2.54. The van der Waals surface area contributed by atoms with Crippen molar-refractivity contribution in [1.82, 2.24) is 10.2 Å². The molecule has 1 unspecified atom stereocenters. The molecule has 2 heterocycles. The lowest BCUT2D eigenvalue weighted by Gasteiger charge is -2.33. The summed E-state index contributed by atoms with van der Waals surface area (Å²) in [5.41, 5.74) is 2.43. The van der Waals surface area contributed by atoms with Crippen LogP contribution in [0.5, 0.6) is 0 Å². The lowest BCUT2D eigenvalue weighted by atomic mass is 9.96. The summed E-state index contributed by atoms with van der Waals surface area (Å²) in [6, 6.07) is 9.41. The van der Waals surface area contributed by atoms with E-state index in [1.807, 2.05) is 31.2 Å². The third-order valence-electron chi connectivity index (χ3n) is 6.87. The van der Waals surface area contributed by atoms with Crippen LogP contribution in [0.15, 0.2) is 48.5 Å². The van der Waals surface area contributed by atoms with Crippen LogP contribution < -0.4 is 5.32 Å². The standard InChI is InChI=1S/C27H32F4N2O3/c1-15(2)11-21(26(35)33-13-20(28)24-23(33)22(34)14-36-24)32-25(27(29,30)31)19-6-4-5-18(12-19)17-9-7-16(3)8-10-17/h4-10,12,15,20-25,32,34H,11,13-14H2,1-3H3/t20-,21?,22-,23+,24+,25-/m0/s1. The number of hydrogen-bond donors (Lipinski definition) is 2. The molecule has 1 amide bonds. The van der Waals surface area contributed by atoms with Gasteiger partial charge >= 0.3 is 6.18 Å². The molecule has 0 spiro atoms. The Bertz CT molecular complexity index is 1060. The molecule has 36 heavy (non-hydrogen) atoms. The predicted octanol–water partition coefficient (Wildman–Crippen LogP) is 4.58. The molecular weight excluding hydrogens is 476 g/mol. The lowest BCUT2D eigenvalue weighted by Crippen LogP contribution is -2.54. The number of nitrogens with one attached hydrogen (secondary N) is 1. The zero-order valence-corrected chi connectivity index (χ0v) is 20.5.